The van der Waals surface area contributed by atoms with Gasteiger partial charge in [-0.05, 0) is 66.6 Å². The molecule has 0 radical (unpaired) electrons. The Balaban J connectivity index is 1.30. The van der Waals surface area contributed by atoms with Crippen LogP contribution < -0.4 is 15.4 Å². The van der Waals surface area contributed by atoms with Crippen molar-refractivity contribution < 1.29 is 29.3 Å². The maximum Gasteiger partial charge on any atom is 0.325 e. The Hall–Kier alpha value is -4.29. The molecule has 11 heteroatoms. The van der Waals surface area contributed by atoms with Crippen LogP contribution in [0.3, 0.4) is 0 Å². The lowest BCUT2D eigenvalue weighted by Gasteiger charge is -2.33. The first kappa shape index (κ1) is 30.7. The summed E-state index contributed by atoms with van der Waals surface area (Å²) < 4.78 is 11.2. The van der Waals surface area contributed by atoms with Gasteiger partial charge >= 0.3 is 6.03 Å². The van der Waals surface area contributed by atoms with Gasteiger partial charge in [0.15, 0.2) is 6.23 Å². The van der Waals surface area contributed by atoms with Gasteiger partial charge in [0.1, 0.15) is 0 Å². The molecule has 2 unspecified atom stereocenters. The molecule has 3 aliphatic rings. The Kier molecular flexibility index (Phi) is 8.36. The van der Waals surface area contributed by atoms with Crippen molar-refractivity contribution >= 4 is 17.6 Å². The van der Waals surface area contributed by atoms with Crippen LogP contribution in [0, 0.1) is 13.8 Å². The lowest BCUT2D eigenvalue weighted by Crippen LogP contribution is -2.49. The Labute approximate surface area is 262 Å². The van der Waals surface area contributed by atoms with Gasteiger partial charge in [-0.1, -0.05) is 30.3 Å². The van der Waals surface area contributed by atoms with Crippen LogP contribution in [0.1, 0.15) is 34.7 Å². The molecule has 0 bridgehead atoms. The lowest BCUT2D eigenvalue weighted by molar-refractivity contribution is -0.115. The number of methoxy groups -OCH3 is 1. The minimum absolute atomic E-state index is 0.0256. The third-order valence-electron chi connectivity index (χ3n) is 9.14. The van der Waals surface area contributed by atoms with Crippen molar-refractivity contribution in [1.29, 1.82) is 0 Å². The standard InChI is InChI=1S/C34H39N5O6/c1-18-21(22-9-7-11-25(19(22)2)36-31(41)24-15-38(3)34(43)39(4)33(24)42)8-6-10-23(18)27-14-20-12-13-26(30(20)32(37-27)44-5)35-28-16-45-17-29(28)40/h6-11,14-15,26,28-29,33,35,40,42H,12-13,16-17H2,1-5H3,(H,36,41)/t26?,28-,29+,33?/m1/s1. The van der Waals surface area contributed by atoms with E-state index in [0.29, 0.717) is 24.8 Å². The predicted octanol–water partition coefficient (Wildman–Crippen LogP) is 3.52. The zero-order valence-corrected chi connectivity index (χ0v) is 26.1. The van der Waals surface area contributed by atoms with E-state index in [1.165, 1.54) is 30.8 Å². The number of hydrogen-bond acceptors (Lipinski definition) is 8. The van der Waals surface area contributed by atoms with E-state index in [2.05, 4.69) is 35.8 Å². The summed E-state index contributed by atoms with van der Waals surface area (Å²) in [6.07, 6.45) is 1.23. The number of aryl methyl sites for hydroxylation is 1. The second kappa shape index (κ2) is 12.2. The Morgan fingerprint density at radius 3 is 2.47 bits per heavy atom. The molecular weight excluding hydrogens is 574 g/mol. The average Bonchev–Trinajstić information content (AvgIpc) is 3.64. The molecule has 6 rings (SSSR count). The molecule has 2 aliphatic heterocycles. The van der Waals surface area contributed by atoms with Crippen molar-refractivity contribution in [3.63, 3.8) is 0 Å². The molecule has 3 heterocycles. The predicted molar refractivity (Wildman–Crippen MR) is 170 cm³/mol. The van der Waals surface area contributed by atoms with Crippen LogP contribution in [-0.2, 0) is 16.0 Å². The first-order valence-corrected chi connectivity index (χ1v) is 15.1. The number of fused-ring (bicyclic) bond motifs is 1. The number of carbonyl (C=O) groups excluding carboxylic acids is 2. The topological polar surface area (TPSA) is 136 Å². The summed E-state index contributed by atoms with van der Waals surface area (Å²) >= 11 is 0. The number of carbonyl (C=O) groups is 2. The summed E-state index contributed by atoms with van der Waals surface area (Å²) in [6.45, 7) is 4.83. The molecule has 1 aromatic heterocycles. The molecule has 236 valence electrons. The lowest BCUT2D eigenvalue weighted by atomic mass is 9.91. The molecule has 1 aliphatic carbocycles. The molecule has 3 aromatic rings. The fraction of sp³-hybridized carbons (Fsp3) is 0.382. The monoisotopic (exact) mass is 613 g/mol. The van der Waals surface area contributed by atoms with Gasteiger partial charge in [-0.15, -0.1) is 0 Å². The fourth-order valence-electron chi connectivity index (χ4n) is 6.56. The highest BCUT2D eigenvalue weighted by Gasteiger charge is 2.35. The van der Waals surface area contributed by atoms with Gasteiger partial charge in [-0.3, -0.25) is 9.69 Å². The van der Waals surface area contributed by atoms with Crippen LogP contribution in [-0.4, -0.2) is 89.7 Å². The number of likely N-dealkylation sites (N-methyl/N-ethyl adjacent to an activating group) is 1. The molecule has 1 fully saturated rings. The number of nitrogens with zero attached hydrogens (tertiary/aromatic N) is 3. The number of benzene rings is 2. The zero-order valence-electron chi connectivity index (χ0n) is 26.1. The summed E-state index contributed by atoms with van der Waals surface area (Å²) in [4.78, 5) is 32.7. The molecule has 1 saturated heterocycles. The number of pyridine rings is 1. The van der Waals surface area contributed by atoms with Gasteiger partial charge in [0, 0.05) is 43.2 Å². The number of aromatic nitrogens is 1. The largest absolute Gasteiger partial charge is 0.481 e. The quantitative estimate of drug-likeness (QED) is 0.318. The van der Waals surface area contributed by atoms with Gasteiger partial charge < -0.3 is 35.2 Å². The summed E-state index contributed by atoms with van der Waals surface area (Å²) in [5.41, 5.74) is 8.52. The molecule has 4 atom stereocenters. The Morgan fingerprint density at radius 1 is 1.04 bits per heavy atom. The third kappa shape index (κ3) is 5.57. The van der Waals surface area contributed by atoms with E-state index in [1.807, 2.05) is 31.2 Å². The molecule has 45 heavy (non-hydrogen) atoms. The van der Waals surface area contributed by atoms with Crippen LogP contribution in [0.25, 0.3) is 22.4 Å². The van der Waals surface area contributed by atoms with Crippen molar-refractivity contribution in [1.82, 2.24) is 20.1 Å². The second-order valence-electron chi connectivity index (χ2n) is 11.9. The highest BCUT2D eigenvalue weighted by Crippen LogP contribution is 2.41. The maximum absolute atomic E-state index is 13.2. The smallest absolute Gasteiger partial charge is 0.325 e. The summed E-state index contributed by atoms with van der Waals surface area (Å²) in [7, 11) is 4.62. The van der Waals surface area contributed by atoms with Crippen LogP contribution in [0.4, 0.5) is 10.5 Å². The van der Waals surface area contributed by atoms with E-state index in [9.17, 15) is 19.8 Å². The Bertz CT molecular complexity index is 1690. The third-order valence-corrected chi connectivity index (χ3v) is 9.14. The number of hydrogen-bond donors (Lipinski definition) is 4. The number of ether oxygens (including phenoxy) is 2. The number of rotatable bonds is 7. The van der Waals surface area contributed by atoms with Gasteiger partial charge in [0.25, 0.3) is 5.91 Å². The van der Waals surface area contributed by atoms with E-state index in [1.54, 1.807) is 7.11 Å². The average molecular weight is 614 g/mol. The first-order chi connectivity index (χ1) is 21.6. The van der Waals surface area contributed by atoms with Crippen LogP contribution in [0.5, 0.6) is 5.88 Å². The number of aliphatic hydroxyl groups is 2. The molecule has 2 aromatic carbocycles. The van der Waals surface area contributed by atoms with Crippen molar-refractivity contribution in [2.75, 3.05) is 39.7 Å². The van der Waals surface area contributed by atoms with Gasteiger partial charge in [0.2, 0.25) is 5.88 Å². The van der Waals surface area contributed by atoms with Crippen LogP contribution in [0.15, 0.2) is 54.2 Å². The van der Waals surface area contributed by atoms with Gasteiger partial charge in [-0.2, -0.15) is 0 Å². The summed E-state index contributed by atoms with van der Waals surface area (Å²) in [6, 6.07) is 13.5. The summed E-state index contributed by atoms with van der Waals surface area (Å²) in [5.74, 6) is 0.0883. The van der Waals surface area contributed by atoms with E-state index in [4.69, 9.17) is 14.5 Å². The molecule has 4 N–H and O–H groups in total. The first-order valence-electron chi connectivity index (χ1n) is 15.1. The van der Waals surface area contributed by atoms with E-state index >= 15 is 0 Å². The molecule has 3 amide bonds. The van der Waals surface area contributed by atoms with Crippen molar-refractivity contribution in [2.24, 2.45) is 0 Å². The normalized spacial score (nSPS) is 22.8. The van der Waals surface area contributed by atoms with Crippen LogP contribution >= 0.6 is 0 Å². The Morgan fingerprint density at radius 2 is 1.76 bits per heavy atom. The molecule has 0 saturated carbocycles. The SMILES string of the molecule is COc1nc(-c2cccc(-c3cccc(NC(=O)C4=CN(C)C(=O)N(C)C4O)c3C)c2C)cc2c1C(N[C@@H]1COC[C@@H]1O)CC2. The molecular formula is C34H39N5O6. The fourth-order valence-corrected chi connectivity index (χ4v) is 6.56. The minimum Gasteiger partial charge on any atom is -0.481 e. The van der Waals surface area contributed by atoms with Crippen molar-refractivity contribution in [2.45, 2.75) is 51.1 Å². The maximum atomic E-state index is 13.2. The second-order valence-corrected chi connectivity index (χ2v) is 11.9. The van der Waals surface area contributed by atoms with Crippen LogP contribution in [0.2, 0.25) is 0 Å². The van der Waals surface area contributed by atoms with E-state index < -0.39 is 24.3 Å². The number of anilines is 1. The minimum atomic E-state index is -1.35. The highest BCUT2D eigenvalue weighted by atomic mass is 16.5. The van der Waals surface area contributed by atoms with E-state index in [0.717, 1.165) is 56.8 Å². The number of nitrogens with one attached hydrogen (secondary N) is 2. The van der Waals surface area contributed by atoms with Crippen molar-refractivity contribution in [3.8, 4) is 28.3 Å². The number of amides is 3. The number of aliphatic hydroxyl groups excluding tert-OH is 2. The number of urea groups is 1. The highest BCUT2D eigenvalue weighted by molar-refractivity contribution is 6.06. The van der Waals surface area contributed by atoms with Crippen molar-refractivity contribution in [3.05, 3.63) is 76.5 Å². The van der Waals surface area contributed by atoms with Gasteiger partial charge in [-0.25, -0.2) is 9.78 Å². The van der Waals surface area contributed by atoms with Gasteiger partial charge in [0.05, 0.1) is 43.7 Å². The summed E-state index contributed by atoms with van der Waals surface area (Å²) in [5, 5.41) is 27.3. The molecule has 0 spiro atoms. The van der Waals surface area contributed by atoms with E-state index in [-0.39, 0.29) is 17.7 Å². The zero-order chi connectivity index (χ0) is 32.0. The molecule has 11 nitrogen and oxygen atoms in total.